The number of aliphatic hydroxyl groups is 1. The highest BCUT2D eigenvalue weighted by molar-refractivity contribution is 5.32. The summed E-state index contributed by atoms with van der Waals surface area (Å²) in [5.41, 5.74) is 1.66. The van der Waals surface area contributed by atoms with Gasteiger partial charge in [-0.1, -0.05) is 27.7 Å². The molecule has 102 valence electrons. The van der Waals surface area contributed by atoms with Crippen LogP contribution in [-0.4, -0.2) is 28.2 Å². The molecule has 0 spiro atoms. The molecule has 0 bridgehead atoms. The lowest BCUT2D eigenvalue weighted by atomic mass is 10.1. The van der Waals surface area contributed by atoms with Gasteiger partial charge in [0.2, 0.25) is 5.95 Å². The number of anilines is 1. The number of hydrogen-bond acceptors (Lipinski definition) is 4. The van der Waals surface area contributed by atoms with Gasteiger partial charge in [0.25, 0.3) is 0 Å². The number of aryl methyl sites for hydroxylation is 1. The molecule has 18 heavy (non-hydrogen) atoms. The molecule has 0 radical (unpaired) electrons. The molecule has 0 amide bonds. The summed E-state index contributed by atoms with van der Waals surface area (Å²) in [6.07, 6.45) is 1.73. The molecular weight excluding hydrogens is 226 g/mol. The van der Waals surface area contributed by atoms with Crippen LogP contribution in [0, 0.1) is 18.8 Å². The highest BCUT2D eigenvalue weighted by Crippen LogP contribution is 2.14. The zero-order chi connectivity index (χ0) is 13.7. The minimum Gasteiger partial charge on any atom is -0.392 e. The molecule has 0 atom stereocenters. The van der Waals surface area contributed by atoms with Gasteiger partial charge >= 0.3 is 0 Å². The lowest BCUT2D eigenvalue weighted by Crippen LogP contribution is -2.33. The number of nitrogens with zero attached hydrogens (tertiary/aromatic N) is 3. The Balaban J connectivity index is 2.93. The topological polar surface area (TPSA) is 49.2 Å². The largest absolute Gasteiger partial charge is 0.392 e. The number of hydrogen-bond donors (Lipinski definition) is 1. The molecule has 4 heteroatoms. The molecule has 0 fully saturated rings. The molecule has 0 unspecified atom stereocenters. The Bertz CT molecular complexity index is 367. The molecule has 0 aliphatic carbocycles. The van der Waals surface area contributed by atoms with E-state index in [2.05, 4.69) is 42.6 Å². The first-order chi connectivity index (χ1) is 8.43. The first-order valence-electron chi connectivity index (χ1n) is 6.62. The van der Waals surface area contributed by atoms with Crippen LogP contribution in [0.5, 0.6) is 0 Å². The third-order valence-corrected chi connectivity index (χ3v) is 2.69. The van der Waals surface area contributed by atoms with Crippen molar-refractivity contribution >= 4 is 5.95 Å². The Morgan fingerprint density at radius 3 is 2.11 bits per heavy atom. The fraction of sp³-hybridized carbons (Fsp3) is 0.714. The number of aliphatic hydroxyl groups excluding tert-OH is 1. The first-order valence-corrected chi connectivity index (χ1v) is 6.62. The quantitative estimate of drug-likeness (QED) is 0.843. The Hall–Kier alpha value is -1.16. The first kappa shape index (κ1) is 14.9. The van der Waals surface area contributed by atoms with Gasteiger partial charge in [-0.2, -0.15) is 0 Å². The molecule has 1 heterocycles. The summed E-state index contributed by atoms with van der Waals surface area (Å²) in [6.45, 7) is 12.6. The van der Waals surface area contributed by atoms with Crippen LogP contribution in [0.1, 0.15) is 39.0 Å². The second-order valence-corrected chi connectivity index (χ2v) is 5.63. The minimum absolute atomic E-state index is 0.000471. The van der Waals surface area contributed by atoms with E-state index in [-0.39, 0.29) is 6.61 Å². The summed E-state index contributed by atoms with van der Waals surface area (Å²) in [4.78, 5) is 11.1. The van der Waals surface area contributed by atoms with Gasteiger partial charge in [-0.3, -0.25) is 0 Å². The van der Waals surface area contributed by atoms with E-state index in [0.29, 0.717) is 11.8 Å². The maximum Gasteiger partial charge on any atom is 0.225 e. The van der Waals surface area contributed by atoms with Gasteiger partial charge in [0, 0.05) is 30.5 Å². The maximum atomic E-state index is 9.15. The predicted molar refractivity (Wildman–Crippen MR) is 74.6 cm³/mol. The molecule has 0 saturated carbocycles. The lowest BCUT2D eigenvalue weighted by Gasteiger charge is -2.26. The fourth-order valence-corrected chi connectivity index (χ4v) is 1.91. The normalized spacial score (nSPS) is 11.3. The van der Waals surface area contributed by atoms with Gasteiger partial charge < -0.3 is 10.0 Å². The summed E-state index contributed by atoms with van der Waals surface area (Å²) in [5.74, 6) is 1.92. The summed E-state index contributed by atoms with van der Waals surface area (Å²) < 4.78 is 0. The molecule has 1 N–H and O–H groups in total. The van der Waals surface area contributed by atoms with Crippen molar-refractivity contribution in [2.75, 3.05) is 18.0 Å². The molecule has 4 nitrogen and oxygen atoms in total. The highest BCUT2D eigenvalue weighted by Gasteiger charge is 2.14. The zero-order valence-electron chi connectivity index (χ0n) is 12.1. The van der Waals surface area contributed by atoms with Crippen molar-refractivity contribution in [2.45, 2.75) is 41.2 Å². The van der Waals surface area contributed by atoms with Crippen LogP contribution in [0.2, 0.25) is 0 Å². The van der Waals surface area contributed by atoms with E-state index in [1.807, 2.05) is 6.92 Å². The van der Waals surface area contributed by atoms with Crippen molar-refractivity contribution in [3.8, 4) is 0 Å². The van der Waals surface area contributed by atoms with Crippen LogP contribution in [-0.2, 0) is 6.61 Å². The molecule has 0 aliphatic rings. The van der Waals surface area contributed by atoms with Crippen molar-refractivity contribution in [3.63, 3.8) is 0 Å². The Labute approximate surface area is 110 Å². The van der Waals surface area contributed by atoms with E-state index in [0.717, 1.165) is 30.3 Å². The van der Waals surface area contributed by atoms with Gasteiger partial charge in [-0.05, 0) is 18.8 Å². The standard InChI is InChI=1S/C14H25N3O/c1-10(2)7-17(8-11(3)4)14-15-6-13(9-18)12(5)16-14/h6,10-11,18H,7-9H2,1-5H3. The number of aromatic nitrogens is 2. The van der Waals surface area contributed by atoms with Gasteiger partial charge in [0.1, 0.15) is 0 Å². The summed E-state index contributed by atoms with van der Waals surface area (Å²) in [5, 5.41) is 9.15. The van der Waals surface area contributed by atoms with Crippen LogP contribution in [0.25, 0.3) is 0 Å². The number of rotatable bonds is 6. The Morgan fingerprint density at radius 1 is 1.17 bits per heavy atom. The van der Waals surface area contributed by atoms with Crippen molar-refractivity contribution in [3.05, 3.63) is 17.5 Å². The van der Waals surface area contributed by atoms with E-state index in [1.165, 1.54) is 0 Å². The molecule has 1 rings (SSSR count). The van der Waals surface area contributed by atoms with E-state index >= 15 is 0 Å². The van der Waals surface area contributed by atoms with Crippen LogP contribution in [0.3, 0.4) is 0 Å². The lowest BCUT2D eigenvalue weighted by molar-refractivity contribution is 0.280. The van der Waals surface area contributed by atoms with Gasteiger partial charge in [0.15, 0.2) is 0 Å². The molecule has 1 aromatic heterocycles. The average Bonchev–Trinajstić information content (AvgIpc) is 2.26. The molecule has 0 aliphatic heterocycles. The van der Waals surface area contributed by atoms with Crippen LogP contribution >= 0.6 is 0 Å². The Kier molecular flexibility index (Phi) is 5.54. The molecule has 0 aromatic carbocycles. The van der Waals surface area contributed by atoms with Gasteiger partial charge in [-0.15, -0.1) is 0 Å². The second kappa shape index (κ2) is 6.69. The highest BCUT2D eigenvalue weighted by atomic mass is 16.3. The summed E-state index contributed by atoms with van der Waals surface area (Å²) >= 11 is 0. The third-order valence-electron chi connectivity index (χ3n) is 2.69. The zero-order valence-corrected chi connectivity index (χ0v) is 12.1. The van der Waals surface area contributed by atoms with Crippen molar-refractivity contribution < 1.29 is 5.11 Å². The van der Waals surface area contributed by atoms with Gasteiger partial charge in [-0.25, -0.2) is 9.97 Å². The van der Waals surface area contributed by atoms with E-state index in [1.54, 1.807) is 6.20 Å². The molecular formula is C14H25N3O. The van der Waals surface area contributed by atoms with Gasteiger partial charge in [0.05, 0.1) is 6.61 Å². The third kappa shape index (κ3) is 4.26. The smallest absolute Gasteiger partial charge is 0.225 e. The van der Waals surface area contributed by atoms with Crippen molar-refractivity contribution in [1.29, 1.82) is 0 Å². The summed E-state index contributed by atoms with van der Waals surface area (Å²) in [7, 11) is 0. The minimum atomic E-state index is 0.000471. The monoisotopic (exact) mass is 251 g/mol. The second-order valence-electron chi connectivity index (χ2n) is 5.63. The Morgan fingerprint density at radius 2 is 1.72 bits per heavy atom. The van der Waals surface area contributed by atoms with Crippen LogP contribution < -0.4 is 4.90 Å². The van der Waals surface area contributed by atoms with Crippen LogP contribution in [0.15, 0.2) is 6.20 Å². The van der Waals surface area contributed by atoms with E-state index < -0.39 is 0 Å². The fourth-order valence-electron chi connectivity index (χ4n) is 1.91. The van der Waals surface area contributed by atoms with E-state index in [9.17, 15) is 0 Å². The SMILES string of the molecule is Cc1nc(N(CC(C)C)CC(C)C)ncc1CO. The van der Waals surface area contributed by atoms with Crippen molar-refractivity contribution in [2.24, 2.45) is 11.8 Å². The summed E-state index contributed by atoms with van der Waals surface area (Å²) in [6, 6.07) is 0. The molecule has 0 saturated heterocycles. The maximum absolute atomic E-state index is 9.15. The molecule has 1 aromatic rings. The average molecular weight is 251 g/mol. The van der Waals surface area contributed by atoms with Crippen LogP contribution in [0.4, 0.5) is 5.95 Å². The van der Waals surface area contributed by atoms with Crippen molar-refractivity contribution in [1.82, 2.24) is 9.97 Å². The predicted octanol–water partition coefficient (Wildman–Crippen LogP) is 2.40. The van der Waals surface area contributed by atoms with E-state index in [4.69, 9.17) is 5.11 Å².